The molecule has 0 radical (unpaired) electrons. The van der Waals surface area contributed by atoms with E-state index in [1.165, 1.54) is 22.7 Å². The second-order valence-corrected chi connectivity index (χ2v) is 7.35. The zero-order chi connectivity index (χ0) is 18.2. The van der Waals surface area contributed by atoms with Crippen molar-refractivity contribution in [2.24, 2.45) is 5.92 Å². The summed E-state index contributed by atoms with van der Waals surface area (Å²) in [6.07, 6.45) is 0.128. The first kappa shape index (κ1) is 19.1. The van der Waals surface area contributed by atoms with E-state index in [0.29, 0.717) is 28.8 Å². The van der Waals surface area contributed by atoms with Gasteiger partial charge in [-0.05, 0) is 11.4 Å². The molecule has 3 amide bonds. The van der Waals surface area contributed by atoms with Crippen LogP contribution in [0.15, 0.2) is 22.9 Å². The summed E-state index contributed by atoms with van der Waals surface area (Å²) in [5, 5.41) is 12.2. The molecule has 7 nitrogen and oxygen atoms in total. The van der Waals surface area contributed by atoms with Gasteiger partial charge >= 0.3 is 0 Å². The Bertz CT molecular complexity index is 726. The topological polar surface area (TPSA) is 100 Å². The van der Waals surface area contributed by atoms with Crippen LogP contribution >= 0.6 is 22.7 Å². The van der Waals surface area contributed by atoms with Gasteiger partial charge in [-0.15, -0.1) is 22.7 Å². The van der Waals surface area contributed by atoms with Gasteiger partial charge in [0, 0.05) is 24.4 Å². The molecule has 0 fully saturated rings. The average Bonchev–Trinajstić information content (AvgIpc) is 3.23. The SMILES string of the molecule is CC(C)C(=O)NCCNC(=O)Cc1csc(NC(=O)c2cccs2)n1. The quantitative estimate of drug-likeness (QED) is 0.609. The predicted molar refractivity (Wildman–Crippen MR) is 98.9 cm³/mol. The lowest BCUT2D eigenvalue weighted by molar-refractivity contribution is -0.124. The van der Waals surface area contributed by atoms with Crippen molar-refractivity contribution in [2.45, 2.75) is 20.3 Å². The summed E-state index contributed by atoms with van der Waals surface area (Å²) in [5.74, 6) is -0.505. The van der Waals surface area contributed by atoms with E-state index in [-0.39, 0.29) is 30.1 Å². The summed E-state index contributed by atoms with van der Waals surface area (Å²) in [7, 11) is 0. The third-order valence-corrected chi connectivity index (χ3v) is 4.80. The first-order valence-corrected chi connectivity index (χ1v) is 9.55. The van der Waals surface area contributed by atoms with Crippen LogP contribution in [0.5, 0.6) is 0 Å². The van der Waals surface area contributed by atoms with Gasteiger partial charge in [-0.3, -0.25) is 19.7 Å². The number of thiophene rings is 1. The predicted octanol–water partition coefficient (Wildman–Crippen LogP) is 1.89. The number of thiazole rings is 1. The zero-order valence-corrected chi connectivity index (χ0v) is 15.6. The Hall–Kier alpha value is -2.26. The van der Waals surface area contributed by atoms with Gasteiger partial charge in [-0.1, -0.05) is 19.9 Å². The summed E-state index contributed by atoms with van der Waals surface area (Å²) in [5.41, 5.74) is 0.593. The molecule has 2 aromatic rings. The van der Waals surface area contributed by atoms with Gasteiger partial charge in [0.05, 0.1) is 17.0 Å². The summed E-state index contributed by atoms with van der Waals surface area (Å²) in [4.78, 5) is 40.0. The number of hydrogen-bond acceptors (Lipinski definition) is 6. The van der Waals surface area contributed by atoms with Crippen LogP contribution in [0, 0.1) is 5.92 Å². The first-order valence-electron chi connectivity index (χ1n) is 7.79. The summed E-state index contributed by atoms with van der Waals surface area (Å²) in [6, 6.07) is 3.54. The lowest BCUT2D eigenvalue weighted by Gasteiger charge is -2.08. The number of carbonyl (C=O) groups excluding carboxylic acids is 3. The molecular weight excluding hydrogens is 360 g/mol. The van der Waals surface area contributed by atoms with Gasteiger partial charge in [-0.25, -0.2) is 4.98 Å². The monoisotopic (exact) mass is 380 g/mol. The largest absolute Gasteiger partial charge is 0.354 e. The number of rotatable bonds is 8. The molecule has 0 aliphatic heterocycles. The molecule has 134 valence electrons. The van der Waals surface area contributed by atoms with Crippen molar-refractivity contribution in [1.29, 1.82) is 0 Å². The fraction of sp³-hybridized carbons (Fsp3) is 0.375. The van der Waals surface area contributed by atoms with E-state index in [2.05, 4.69) is 20.9 Å². The van der Waals surface area contributed by atoms with E-state index in [1.54, 1.807) is 17.5 Å². The zero-order valence-electron chi connectivity index (χ0n) is 14.0. The molecule has 0 aliphatic rings. The Kier molecular flexibility index (Phi) is 7.08. The second kappa shape index (κ2) is 9.28. The van der Waals surface area contributed by atoms with Crippen molar-refractivity contribution in [3.8, 4) is 0 Å². The van der Waals surface area contributed by atoms with E-state index in [0.717, 1.165) is 0 Å². The molecule has 3 N–H and O–H groups in total. The van der Waals surface area contributed by atoms with Crippen molar-refractivity contribution in [3.63, 3.8) is 0 Å². The van der Waals surface area contributed by atoms with E-state index in [9.17, 15) is 14.4 Å². The molecule has 0 aromatic carbocycles. The van der Waals surface area contributed by atoms with E-state index >= 15 is 0 Å². The molecule has 0 unspecified atom stereocenters. The van der Waals surface area contributed by atoms with E-state index in [1.807, 2.05) is 19.2 Å². The molecule has 2 rings (SSSR count). The van der Waals surface area contributed by atoms with Crippen LogP contribution in [0.4, 0.5) is 5.13 Å². The minimum absolute atomic E-state index is 0.0418. The third kappa shape index (κ3) is 6.28. The van der Waals surface area contributed by atoms with Crippen molar-refractivity contribution >= 4 is 45.5 Å². The fourth-order valence-corrected chi connectivity index (χ4v) is 3.16. The van der Waals surface area contributed by atoms with E-state index < -0.39 is 0 Å². The third-order valence-electron chi connectivity index (χ3n) is 3.13. The Balaban J connectivity index is 1.72. The molecule has 0 spiro atoms. The lowest BCUT2D eigenvalue weighted by Crippen LogP contribution is -2.36. The normalized spacial score (nSPS) is 10.5. The summed E-state index contributed by atoms with van der Waals surface area (Å²) >= 11 is 2.63. The number of anilines is 1. The number of hydrogen-bond donors (Lipinski definition) is 3. The molecule has 0 aliphatic carbocycles. The molecule has 2 heterocycles. The number of nitrogens with zero attached hydrogens (tertiary/aromatic N) is 1. The van der Waals surface area contributed by atoms with Crippen molar-refractivity contribution < 1.29 is 14.4 Å². The molecule has 0 atom stereocenters. The Morgan fingerprint density at radius 2 is 1.92 bits per heavy atom. The molecular formula is C16H20N4O3S2. The number of nitrogens with one attached hydrogen (secondary N) is 3. The van der Waals surface area contributed by atoms with Gasteiger partial charge in [0.1, 0.15) is 0 Å². The fourth-order valence-electron chi connectivity index (χ4n) is 1.83. The van der Waals surface area contributed by atoms with Crippen LogP contribution in [0.1, 0.15) is 29.2 Å². The molecule has 9 heteroatoms. The standard InChI is InChI=1S/C16H20N4O3S2/c1-10(2)14(22)18-6-5-17-13(21)8-11-9-25-16(19-11)20-15(23)12-4-3-7-24-12/h3-4,7,9-10H,5-6,8H2,1-2H3,(H,17,21)(H,18,22)(H,19,20,23). The maximum absolute atomic E-state index is 11.9. The van der Waals surface area contributed by atoms with Crippen LogP contribution in [-0.2, 0) is 16.0 Å². The molecule has 0 saturated carbocycles. The highest BCUT2D eigenvalue weighted by molar-refractivity contribution is 7.14. The van der Waals surface area contributed by atoms with Gasteiger partial charge < -0.3 is 10.6 Å². The number of amides is 3. The maximum atomic E-state index is 11.9. The van der Waals surface area contributed by atoms with Gasteiger partial charge in [-0.2, -0.15) is 0 Å². The van der Waals surface area contributed by atoms with Crippen LogP contribution < -0.4 is 16.0 Å². The van der Waals surface area contributed by atoms with Gasteiger partial charge in [0.25, 0.3) is 5.91 Å². The van der Waals surface area contributed by atoms with Crippen molar-refractivity contribution in [2.75, 3.05) is 18.4 Å². The Labute approximate surface area is 153 Å². The number of aromatic nitrogens is 1. The minimum Gasteiger partial charge on any atom is -0.354 e. The second-order valence-electron chi connectivity index (χ2n) is 5.55. The Morgan fingerprint density at radius 1 is 1.16 bits per heavy atom. The van der Waals surface area contributed by atoms with E-state index in [4.69, 9.17) is 0 Å². The van der Waals surface area contributed by atoms with Gasteiger partial charge in [0.15, 0.2) is 5.13 Å². The first-order chi connectivity index (χ1) is 12.0. The summed E-state index contributed by atoms with van der Waals surface area (Å²) < 4.78 is 0. The highest BCUT2D eigenvalue weighted by Crippen LogP contribution is 2.18. The lowest BCUT2D eigenvalue weighted by atomic mass is 10.2. The maximum Gasteiger partial charge on any atom is 0.267 e. The average molecular weight is 380 g/mol. The smallest absolute Gasteiger partial charge is 0.267 e. The Morgan fingerprint density at radius 3 is 2.60 bits per heavy atom. The molecule has 25 heavy (non-hydrogen) atoms. The highest BCUT2D eigenvalue weighted by atomic mass is 32.1. The summed E-state index contributed by atoms with van der Waals surface area (Å²) in [6.45, 7) is 4.38. The van der Waals surface area contributed by atoms with Crippen LogP contribution in [-0.4, -0.2) is 35.8 Å². The highest BCUT2D eigenvalue weighted by Gasteiger charge is 2.12. The van der Waals surface area contributed by atoms with Crippen molar-refractivity contribution in [3.05, 3.63) is 33.5 Å². The minimum atomic E-state index is -0.207. The van der Waals surface area contributed by atoms with Gasteiger partial charge in [0.2, 0.25) is 11.8 Å². The van der Waals surface area contributed by atoms with Crippen molar-refractivity contribution in [1.82, 2.24) is 15.6 Å². The van der Waals surface area contributed by atoms with Crippen LogP contribution in [0.3, 0.4) is 0 Å². The molecule has 2 aromatic heterocycles. The number of carbonyl (C=O) groups is 3. The van der Waals surface area contributed by atoms with Crippen LogP contribution in [0.25, 0.3) is 0 Å². The van der Waals surface area contributed by atoms with Crippen LogP contribution in [0.2, 0.25) is 0 Å². The molecule has 0 bridgehead atoms. The molecule has 0 saturated heterocycles.